The minimum atomic E-state index is -0.310. The zero-order valence-electron chi connectivity index (χ0n) is 14.5. The first-order chi connectivity index (χ1) is 13.2. The van der Waals surface area contributed by atoms with Crippen LogP contribution in [0, 0.1) is 0 Å². The lowest BCUT2D eigenvalue weighted by Gasteiger charge is -2.11. The molecule has 1 saturated heterocycles. The number of aromatic nitrogens is 4. The number of benzene rings is 1. The van der Waals surface area contributed by atoms with Crippen LogP contribution < -0.4 is 10.1 Å². The fourth-order valence-corrected chi connectivity index (χ4v) is 4.76. The molecule has 1 aliphatic heterocycles. The van der Waals surface area contributed by atoms with Gasteiger partial charge >= 0.3 is 0 Å². The van der Waals surface area contributed by atoms with E-state index in [1.807, 2.05) is 24.3 Å². The number of imidazole rings is 1. The summed E-state index contributed by atoms with van der Waals surface area (Å²) in [6.45, 7) is 1.51. The fraction of sp³-hybridized carbons (Fsp3) is 0.294. The zero-order valence-corrected chi connectivity index (χ0v) is 16.1. The number of carbonyl (C=O) groups excluding carboxylic acids is 1. The van der Waals surface area contributed by atoms with E-state index in [0.29, 0.717) is 21.8 Å². The summed E-state index contributed by atoms with van der Waals surface area (Å²) in [4.78, 5) is 16.8. The van der Waals surface area contributed by atoms with E-state index in [2.05, 4.69) is 20.5 Å². The van der Waals surface area contributed by atoms with Gasteiger partial charge in [0.05, 0.1) is 31.9 Å². The molecule has 8 nitrogen and oxygen atoms in total. The van der Waals surface area contributed by atoms with Gasteiger partial charge in [-0.05, 0) is 18.6 Å². The summed E-state index contributed by atoms with van der Waals surface area (Å²) in [6, 6.07) is 7.44. The number of thioether (sulfide) groups is 1. The molecule has 3 heterocycles. The molecule has 0 radical (unpaired) electrons. The number of rotatable bonds is 6. The maximum atomic E-state index is 12.7. The summed E-state index contributed by atoms with van der Waals surface area (Å²) in [7, 11) is 1.59. The first kappa shape index (κ1) is 18.0. The van der Waals surface area contributed by atoms with Gasteiger partial charge in [-0.25, -0.2) is 4.98 Å². The molecule has 0 aliphatic carbocycles. The summed E-state index contributed by atoms with van der Waals surface area (Å²) >= 11 is 2.99. The van der Waals surface area contributed by atoms with Crippen LogP contribution in [0.3, 0.4) is 0 Å². The third kappa shape index (κ3) is 3.97. The number of anilines is 1. The molecule has 3 aromatic rings. The summed E-state index contributed by atoms with van der Waals surface area (Å²) in [5, 5.41) is 11.9. The Morgan fingerprint density at radius 2 is 2.30 bits per heavy atom. The Balaban J connectivity index is 1.50. The van der Waals surface area contributed by atoms with Crippen LogP contribution in [-0.2, 0) is 4.74 Å². The van der Waals surface area contributed by atoms with E-state index in [4.69, 9.17) is 9.47 Å². The predicted octanol–water partition coefficient (Wildman–Crippen LogP) is 2.87. The Hall–Kier alpha value is -2.43. The van der Waals surface area contributed by atoms with Crippen LogP contribution in [0.15, 0.2) is 41.1 Å². The lowest BCUT2D eigenvalue weighted by molar-refractivity contribution is 0.102. The van der Waals surface area contributed by atoms with Crippen molar-refractivity contribution in [3.05, 3.63) is 42.5 Å². The van der Waals surface area contributed by atoms with Crippen LogP contribution in [-0.4, -0.2) is 51.2 Å². The summed E-state index contributed by atoms with van der Waals surface area (Å²) in [5.74, 6) is 0.341. The molecule has 140 valence electrons. The highest BCUT2D eigenvalue weighted by Gasteiger charge is 2.21. The molecule has 1 aliphatic rings. The molecule has 27 heavy (non-hydrogen) atoms. The van der Waals surface area contributed by atoms with Crippen LogP contribution in [0.5, 0.6) is 5.75 Å². The number of carbonyl (C=O) groups is 1. The normalized spacial score (nSPS) is 16.4. The van der Waals surface area contributed by atoms with Gasteiger partial charge in [0.15, 0.2) is 4.34 Å². The van der Waals surface area contributed by atoms with Gasteiger partial charge in [0.1, 0.15) is 11.4 Å². The van der Waals surface area contributed by atoms with E-state index in [1.54, 1.807) is 29.8 Å². The molecule has 1 atom stereocenters. The summed E-state index contributed by atoms with van der Waals surface area (Å²) in [6.07, 6.45) is 4.09. The molecule has 1 fully saturated rings. The predicted molar refractivity (Wildman–Crippen MR) is 103 cm³/mol. The highest BCUT2D eigenvalue weighted by atomic mass is 32.2. The van der Waals surface area contributed by atoms with Crippen molar-refractivity contribution >= 4 is 34.1 Å². The van der Waals surface area contributed by atoms with Crippen LogP contribution in [0.1, 0.15) is 16.9 Å². The maximum Gasteiger partial charge on any atom is 0.276 e. The van der Waals surface area contributed by atoms with Crippen molar-refractivity contribution < 1.29 is 14.3 Å². The average Bonchev–Trinajstić information content (AvgIpc) is 3.44. The van der Waals surface area contributed by atoms with E-state index in [-0.39, 0.29) is 5.91 Å². The molecule has 1 N–H and O–H groups in total. The van der Waals surface area contributed by atoms with Gasteiger partial charge in [-0.15, -0.1) is 10.2 Å². The number of nitrogens with one attached hydrogen (secondary N) is 1. The molecule has 1 amide bonds. The molecular formula is C17H17N5O3S2. The zero-order chi connectivity index (χ0) is 18.6. The molecule has 0 spiro atoms. The fourth-order valence-electron chi connectivity index (χ4n) is 2.70. The van der Waals surface area contributed by atoms with Crippen molar-refractivity contribution in [3.63, 3.8) is 0 Å². The third-order valence-corrected chi connectivity index (χ3v) is 6.16. The Morgan fingerprint density at radius 1 is 1.41 bits per heavy atom. The highest BCUT2D eigenvalue weighted by molar-refractivity contribution is 8.01. The third-order valence-electron chi connectivity index (χ3n) is 4.00. The van der Waals surface area contributed by atoms with Gasteiger partial charge in [0, 0.05) is 11.9 Å². The molecular weight excluding hydrogens is 386 g/mol. The van der Waals surface area contributed by atoms with Crippen molar-refractivity contribution in [1.29, 1.82) is 0 Å². The van der Waals surface area contributed by atoms with Gasteiger partial charge in [-0.3, -0.25) is 14.7 Å². The molecule has 4 rings (SSSR count). The van der Waals surface area contributed by atoms with Crippen molar-refractivity contribution in [3.8, 4) is 11.4 Å². The number of amides is 1. The smallest absolute Gasteiger partial charge is 0.276 e. The molecule has 10 heteroatoms. The van der Waals surface area contributed by atoms with Crippen LogP contribution in [0.25, 0.3) is 5.69 Å². The van der Waals surface area contributed by atoms with Crippen LogP contribution in [0.4, 0.5) is 5.13 Å². The Kier molecular flexibility index (Phi) is 5.37. The molecule has 1 aromatic carbocycles. The van der Waals surface area contributed by atoms with E-state index in [1.165, 1.54) is 17.5 Å². The number of methoxy groups -OCH3 is 1. The lowest BCUT2D eigenvalue weighted by atomic mass is 10.2. The van der Waals surface area contributed by atoms with Gasteiger partial charge in [0.25, 0.3) is 5.91 Å². The van der Waals surface area contributed by atoms with Crippen molar-refractivity contribution in [2.24, 2.45) is 0 Å². The summed E-state index contributed by atoms with van der Waals surface area (Å²) < 4.78 is 13.2. The Bertz CT molecular complexity index is 936. The SMILES string of the molecule is COc1ccccc1-n1cncc1C(=O)Nc1nnc(SC2CCOC2)s1. The van der Waals surface area contributed by atoms with Crippen LogP contribution in [0.2, 0.25) is 0 Å². The van der Waals surface area contributed by atoms with Gasteiger partial charge in [-0.1, -0.05) is 35.2 Å². The first-order valence-electron chi connectivity index (χ1n) is 8.29. The van der Waals surface area contributed by atoms with Gasteiger partial charge in [0.2, 0.25) is 5.13 Å². The highest BCUT2D eigenvalue weighted by Crippen LogP contribution is 2.32. The van der Waals surface area contributed by atoms with Crippen LogP contribution >= 0.6 is 23.1 Å². The lowest BCUT2D eigenvalue weighted by Crippen LogP contribution is -2.16. The number of para-hydroxylation sites is 2. The van der Waals surface area contributed by atoms with Crippen molar-refractivity contribution in [2.75, 3.05) is 25.6 Å². The van der Waals surface area contributed by atoms with Crippen molar-refractivity contribution in [1.82, 2.24) is 19.7 Å². The van der Waals surface area contributed by atoms with E-state index >= 15 is 0 Å². The standard InChI is InChI=1S/C17H17N5O3S2/c1-24-14-5-3-2-4-12(14)22-10-18-8-13(22)15(23)19-16-20-21-17(27-16)26-11-6-7-25-9-11/h2-5,8,10-11H,6-7,9H2,1H3,(H,19,20,23). The Labute approximate surface area is 163 Å². The van der Waals surface area contributed by atoms with E-state index in [9.17, 15) is 4.79 Å². The minimum Gasteiger partial charge on any atom is -0.495 e. The number of hydrogen-bond donors (Lipinski definition) is 1. The second kappa shape index (κ2) is 8.07. The monoisotopic (exact) mass is 403 g/mol. The quantitative estimate of drug-likeness (QED) is 0.633. The molecule has 0 bridgehead atoms. The topological polar surface area (TPSA) is 91.2 Å². The average molecular weight is 403 g/mol. The minimum absolute atomic E-state index is 0.310. The van der Waals surface area contributed by atoms with E-state index in [0.717, 1.165) is 29.7 Å². The van der Waals surface area contributed by atoms with Gasteiger partial charge < -0.3 is 9.47 Å². The number of hydrogen-bond acceptors (Lipinski definition) is 8. The molecule has 0 saturated carbocycles. The Morgan fingerprint density at radius 3 is 3.11 bits per heavy atom. The van der Waals surface area contributed by atoms with Gasteiger partial charge in [-0.2, -0.15) is 0 Å². The molecule has 1 unspecified atom stereocenters. The van der Waals surface area contributed by atoms with E-state index < -0.39 is 0 Å². The number of nitrogens with zero attached hydrogens (tertiary/aromatic N) is 4. The second-order valence-electron chi connectivity index (χ2n) is 5.75. The first-order valence-corrected chi connectivity index (χ1v) is 9.99. The molecule has 2 aromatic heterocycles. The summed E-state index contributed by atoms with van der Waals surface area (Å²) in [5.41, 5.74) is 1.12. The second-order valence-corrected chi connectivity index (χ2v) is 8.28. The largest absolute Gasteiger partial charge is 0.495 e. The maximum absolute atomic E-state index is 12.7. The van der Waals surface area contributed by atoms with Crippen molar-refractivity contribution in [2.45, 2.75) is 16.0 Å². The number of ether oxygens (including phenoxy) is 2.